The molecule has 0 aliphatic carbocycles. The molecule has 1 aromatic rings. The van der Waals surface area contributed by atoms with E-state index >= 15 is 0 Å². The fraction of sp³-hybridized carbons (Fsp3) is 0.500. The number of hydrogen-bond donors (Lipinski definition) is 1. The Morgan fingerprint density at radius 3 is 2.73 bits per heavy atom. The Labute approximate surface area is 74.3 Å². The van der Waals surface area contributed by atoms with Crippen molar-refractivity contribution in [3.05, 3.63) is 22.1 Å². The summed E-state index contributed by atoms with van der Waals surface area (Å²) in [4.78, 5) is 0. The van der Waals surface area contributed by atoms with Gasteiger partial charge in [-0.05, 0) is 41.4 Å². The summed E-state index contributed by atoms with van der Waals surface area (Å²) in [7, 11) is 0. The minimum absolute atomic E-state index is 0.341. The van der Waals surface area contributed by atoms with E-state index in [2.05, 4.69) is 15.9 Å². The number of furan rings is 1. The molecule has 0 radical (unpaired) electrons. The van der Waals surface area contributed by atoms with Crippen molar-refractivity contribution in [2.24, 2.45) is 0 Å². The largest absolute Gasteiger partial charge is 0.454 e. The van der Waals surface area contributed by atoms with E-state index in [0.29, 0.717) is 6.42 Å². The fourth-order valence-corrected chi connectivity index (χ4v) is 1.49. The first-order valence-electron chi connectivity index (χ1n) is 3.52. The molecule has 0 bridgehead atoms. The molecule has 3 heteroatoms. The smallest absolute Gasteiger partial charge is 0.169 e. The number of aliphatic hydroxyl groups is 1. The number of aryl methyl sites for hydroxylation is 1. The maximum atomic E-state index is 9.06. The predicted octanol–water partition coefficient (Wildman–Crippen LogP) is 2.27. The summed E-state index contributed by atoms with van der Waals surface area (Å²) < 4.78 is 6.01. The lowest BCUT2D eigenvalue weighted by Gasteiger charge is -2.00. The van der Waals surface area contributed by atoms with Gasteiger partial charge >= 0.3 is 0 Å². The van der Waals surface area contributed by atoms with Crippen molar-refractivity contribution in [2.45, 2.75) is 26.4 Å². The Morgan fingerprint density at radius 2 is 2.36 bits per heavy atom. The van der Waals surface area contributed by atoms with Gasteiger partial charge in [0.2, 0.25) is 0 Å². The molecule has 1 rings (SSSR count). The normalized spacial score (nSPS) is 13.5. The zero-order valence-corrected chi connectivity index (χ0v) is 8.18. The van der Waals surface area contributed by atoms with E-state index < -0.39 is 0 Å². The molecule has 0 aliphatic rings. The highest BCUT2D eigenvalue weighted by Crippen LogP contribution is 2.20. The van der Waals surface area contributed by atoms with E-state index in [1.807, 2.05) is 13.0 Å². The topological polar surface area (TPSA) is 33.4 Å². The van der Waals surface area contributed by atoms with Crippen LogP contribution in [0.1, 0.15) is 18.2 Å². The van der Waals surface area contributed by atoms with Gasteiger partial charge in [0.05, 0.1) is 6.10 Å². The van der Waals surface area contributed by atoms with Crippen molar-refractivity contribution < 1.29 is 9.52 Å². The SMILES string of the molecule is Cc1cc(Br)oc1C[C@H](C)O. The third-order valence-electron chi connectivity index (χ3n) is 1.47. The summed E-state index contributed by atoms with van der Waals surface area (Å²) in [5.41, 5.74) is 1.08. The fourth-order valence-electron chi connectivity index (χ4n) is 0.949. The second-order valence-electron chi connectivity index (χ2n) is 2.71. The quantitative estimate of drug-likeness (QED) is 0.827. The van der Waals surface area contributed by atoms with Gasteiger partial charge in [0.25, 0.3) is 0 Å². The summed E-state index contributed by atoms with van der Waals surface area (Å²) in [6.45, 7) is 3.71. The first-order valence-corrected chi connectivity index (χ1v) is 4.31. The Kier molecular flexibility index (Phi) is 2.73. The van der Waals surface area contributed by atoms with Crippen LogP contribution in [0, 0.1) is 6.92 Å². The zero-order valence-electron chi connectivity index (χ0n) is 6.60. The van der Waals surface area contributed by atoms with Crippen LogP contribution in [0.25, 0.3) is 0 Å². The Bertz CT molecular complexity index is 240. The summed E-state index contributed by atoms with van der Waals surface area (Å²) in [6.07, 6.45) is 0.240. The number of hydrogen-bond acceptors (Lipinski definition) is 2. The molecule has 0 fully saturated rings. The Hall–Kier alpha value is -0.280. The first kappa shape index (κ1) is 8.81. The van der Waals surface area contributed by atoms with Crippen LogP contribution in [0.2, 0.25) is 0 Å². The van der Waals surface area contributed by atoms with Crippen molar-refractivity contribution in [3.8, 4) is 0 Å². The lowest BCUT2D eigenvalue weighted by atomic mass is 10.2. The van der Waals surface area contributed by atoms with E-state index in [1.165, 1.54) is 0 Å². The molecule has 1 aromatic heterocycles. The molecule has 2 nitrogen and oxygen atoms in total. The van der Waals surface area contributed by atoms with Crippen molar-refractivity contribution in [3.63, 3.8) is 0 Å². The molecule has 1 atom stereocenters. The maximum Gasteiger partial charge on any atom is 0.169 e. The van der Waals surface area contributed by atoms with Gasteiger partial charge in [-0.1, -0.05) is 0 Å². The van der Waals surface area contributed by atoms with Crippen LogP contribution in [0.3, 0.4) is 0 Å². The van der Waals surface area contributed by atoms with Gasteiger partial charge in [-0.15, -0.1) is 0 Å². The lowest BCUT2D eigenvalue weighted by Crippen LogP contribution is -2.03. The third kappa shape index (κ3) is 2.34. The van der Waals surface area contributed by atoms with Crippen LogP contribution < -0.4 is 0 Å². The van der Waals surface area contributed by atoms with Crippen LogP contribution >= 0.6 is 15.9 Å². The lowest BCUT2D eigenvalue weighted by molar-refractivity contribution is 0.186. The van der Waals surface area contributed by atoms with Crippen molar-refractivity contribution >= 4 is 15.9 Å². The van der Waals surface area contributed by atoms with E-state index in [-0.39, 0.29) is 6.10 Å². The molecular formula is C8H11BrO2. The molecule has 0 saturated heterocycles. The molecule has 11 heavy (non-hydrogen) atoms. The molecule has 0 aromatic carbocycles. The molecule has 0 unspecified atom stereocenters. The van der Waals surface area contributed by atoms with Gasteiger partial charge in [0.15, 0.2) is 4.67 Å². The summed E-state index contributed by atoms with van der Waals surface area (Å²) in [5, 5.41) is 9.06. The minimum Gasteiger partial charge on any atom is -0.454 e. The van der Waals surface area contributed by atoms with Crippen molar-refractivity contribution in [2.75, 3.05) is 0 Å². The second kappa shape index (κ2) is 3.41. The third-order valence-corrected chi connectivity index (χ3v) is 1.86. The number of halogens is 1. The monoisotopic (exact) mass is 218 g/mol. The average molecular weight is 219 g/mol. The number of aliphatic hydroxyl groups excluding tert-OH is 1. The van der Waals surface area contributed by atoms with Crippen LogP contribution in [0.4, 0.5) is 0 Å². The second-order valence-corrected chi connectivity index (χ2v) is 3.49. The van der Waals surface area contributed by atoms with E-state index in [4.69, 9.17) is 9.52 Å². The van der Waals surface area contributed by atoms with Crippen LogP contribution in [0.15, 0.2) is 15.2 Å². The van der Waals surface area contributed by atoms with Gasteiger partial charge in [0.1, 0.15) is 5.76 Å². The van der Waals surface area contributed by atoms with Crippen molar-refractivity contribution in [1.29, 1.82) is 0 Å². The van der Waals surface area contributed by atoms with E-state index in [9.17, 15) is 0 Å². The molecule has 0 amide bonds. The van der Waals surface area contributed by atoms with Crippen LogP contribution in [0.5, 0.6) is 0 Å². The van der Waals surface area contributed by atoms with Gasteiger partial charge in [-0.25, -0.2) is 0 Å². The summed E-state index contributed by atoms with van der Waals surface area (Å²) >= 11 is 3.22. The van der Waals surface area contributed by atoms with Gasteiger partial charge in [-0.3, -0.25) is 0 Å². The van der Waals surface area contributed by atoms with E-state index in [1.54, 1.807) is 6.92 Å². The Balaban J connectivity index is 2.77. The zero-order chi connectivity index (χ0) is 8.43. The molecular weight excluding hydrogens is 208 g/mol. The molecule has 1 heterocycles. The molecule has 0 saturated carbocycles. The van der Waals surface area contributed by atoms with Crippen LogP contribution in [-0.4, -0.2) is 11.2 Å². The number of rotatable bonds is 2. The summed E-state index contributed by atoms with van der Waals surface area (Å²) in [5.74, 6) is 0.854. The predicted molar refractivity (Wildman–Crippen MR) is 46.5 cm³/mol. The molecule has 0 spiro atoms. The molecule has 1 N–H and O–H groups in total. The highest BCUT2D eigenvalue weighted by molar-refractivity contribution is 9.10. The van der Waals surface area contributed by atoms with Gasteiger partial charge in [0, 0.05) is 6.42 Å². The van der Waals surface area contributed by atoms with Crippen molar-refractivity contribution in [1.82, 2.24) is 0 Å². The molecule has 0 aliphatic heterocycles. The van der Waals surface area contributed by atoms with Crippen LogP contribution in [-0.2, 0) is 6.42 Å². The molecule has 62 valence electrons. The van der Waals surface area contributed by atoms with Gasteiger partial charge < -0.3 is 9.52 Å². The van der Waals surface area contributed by atoms with E-state index in [0.717, 1.165) is 16.0 Å². The minimum atomic E-state index is -0.341. The summed E-state index contributed by atoms with van der Waals surface area (Å²) in [6, 6.07) is 1.90. The highest BCUT2D eigenvalue weighted by Gasteiger charge is 2.07. The highest BCUT2D eigenvalue weighted by atomic mass is 79.9. The Morgan fingerprint density at radius 1 is 1.73 bits per heavy atom. The van der Waals surface area contributed by atoms with Gasteiger partial charge in [-0.2, -0.15) is 0 Å². The first-order chi connectivity index (χ1) is 5.09. The maximum absolute atomic E-state index is 9.06. The average Bonchev–Trinajstić information content (AvgIpc) is 2.09. The standard InChI is InChI=1S/C8H11BrO2/c1-5-3-8(9)11-7(5)4-6(2)10/h3,6,10H,4H2,1-2H3/t6-/m0/s1.